The lowest BCUT2D eigenvalue weighted by molar-refractivity contribution is -0.160. The quantitative estimate of drug-likeness (QED) is 0.838. The molecule has 144 valence electrons. The molecule has 6 heteroatoms. The zero-order chi connectivity index (χ0) is 19.4. The van der Waals surface area contributed by atoms with Crippen molar-refractivity contribution in [1.29, 1.82) is 0 Å². The molecule has 2 aromatic carbocycles. The van der Waals surface area contributed by atoms with E-state index in [0.29, 0.717) is 49.5 Å². The van der Waals surface area contributed by atoms with Crippen LogP contribution in [0.3, 0.4) is 0 Å². The number of aliphatic carboxylic acids is 1. The monoisotopic (exact) mass is 373 g/mol. The van der Waals surface area contributed by atoms with Crippen LogP contribution in [0.2, 0.25) is 0 Å². The second-order valence-electron chi connectivity index (χ2n) is 6.91. The molecule has 0 aliphatic carbocycles. The van der Waals surface area contributed by atoms with Gasteiger partial charge in [-0.15, -0.1) is 0 Å². The van der Waals surface area contributed by atoms with Crippen molar-refractivity contribution >= 4 is 5.97 Å². The van der Waals surface area contributed by atoms with Crippen LogP contribution < -0.4 is 9.47 Å². The van der Waals surface area contributed by atoms with Gasteiger partial charge in [0.05, 0.1) is 7.11 Å². The highest BCUT2D eigenvalue weighted by atomic mass is 19.1. The second kappa shape index (κ2) is 7.96. The number of carboxylic acid groups (broad SMARTS) is 1. The molecule has 0 spiro atoms. The molecule has 3 rings (SSSR count). The lowest BCUT2D eigenvalue weighted by atomic mass is 9.90. The van der Waals surface area contributed by atoms with Crippen LogP contribution in [0.4, 0.5) is 4.39 Å². The van der Waals surface area contributed by atoms with Crippen molar-refractivity contribution in [3.05, 3.63) is 59.4 Å². The molecule has 2 aromatic rings. The Labute approximate surface area is 158 Å². The lowest BCUT2D eigenvalue weighted by Crippen LogP contribution is -2.53. The van der Waals surface area contributed by atoms with Gasteiger partial charge in [0.2, 0.25) is 5.60 Å². The molecule has 0 unspecified atom stereocenters. The first-order valence-electron chi connectivity index (χ1n) is 8.96. The topological polar surface area (TPSA) is 59.0 Å². The molecule has 27 heavy (non-hydrogen) atoms. The largest absolute Gasteiger partial charge is 0.493 e. The number of carboxylic acids is 1. The normalized spacial score (nSPS) is 16.7. The van der Waals surface area contributed by atoms with Gasteiger partial charge in [-0.1, -0.05) is 24.3 Å². The molecule has 0 saturated carbocycles. The minimum atomic E-state index is -1.27. The highest BCUT2D eigenvalue weighted by Crippen LogP contribution is 2.35. The smallest absolute Gasteiger partial charge is 0.348 e. The van der Waals surface area contributed by atoms with E-state index in [1.807, 2.05) is 12.1 Å². The summed E-state index contributed by atoms with van der Waals surface area (Å²) >= 11 is 0. The molecule has 1 N–H and O–H groups in total. The second-order valence-corrected chi connectivity index (χ2v) is 6.91. The first-order chi connectivity index (χ1) is 12.9. The maximum atomic E-state index is 13.4. The summed E-state index contributed by atoms with van der Waals surface area (Å²) in [4.78, 5) is 14.2. The number of piperidine rings is 1. The summed E-state index contributed by atoms with van der Waals surface area (Å²) in [7, 11) is 1.53. The van der Waals surface area contributed by atoms with E-state index >= 15 is 0 Å². The van der Waals surface area contributed by atoms with E-state index < -0.39 is 11.6 Å². The third kappa shape index (κ3) is 4.22. The van der Waals surface area contributed by atoms with Gasteiger partial charge in [-0.3, -0.25) is 4.90 Å². The van der Waals surface area contributed by atoms with Crippen molar-refractivity contribution in [1.82, 2.24) is 4.90 Å². The van der Waals surface area contributed by atoms with Crippen LogP contribution >= 0.6 is 0 Å². The number of para-hydroxylation sites is 2. The van der Waals surface area contributed by atoms with E-state index in [4.69, 9.17) is 9.47 Å². The summed E-state index contributed by atoms with van der Waals surface area (Å²) in [5, 5.41) is 9.83. The van der Waals surface area contributed by atoms with E-state index in [2.05, 4.69) is 4.90 Å². The number of likely N-dealkylation sites (tertiary alicyclic amines) is 1. The lowest BCUT2D eigenvalue weighted by Gasteiger charge is -2.39. The number of nitrogens with zero attached hydrogens (tertiary/aromatic N) is 1. The molecule has 0 bridgehead atoms. The molecule has 1 aliphatic rings. The SMILES string of the molecule is COc1ccccc1OC1(C(=O)O)CCN(Cc2ccc(F)c(C)c2)CC1. The third-order valence-corrected chi connectivity index (χ3v) is 5.06. The van der Waals surface area contributed by atoms with Crippen LogP contribution in [0.25, 0.3) is 0 Å². The zero-order valence-electron chi connectivity index (χ0n) is 15.6. The van der Waals surface area contributed by atoms with Crippen LogP contribution in [0.15, 0.2) is 42.5 Å². The van der Waals surface area contributed by atoms with Gasteiger partial charge in [-0.25, -0.2) is 9.18 Å². The fourth-order valence-corrected chi connectivity index (χ4v) is 3.41. The average molecular weight is 373 g/mol. The van der Waals surface area contributed by atoms with Gasteiger partial charge in [0.25, 0.3) is 0 Å². The van der Waals surface area contributed by atoms with Gasteiger partial charge >= 0.3 is 5.97 Å². The molecule has 1 saturated heterocycles. The molecule has 0 aromatic heterocycles. The van der Waals surface area contributed by atoms with E-state index in [1.165, 1.54) is 13.2 Å². The minimum Gasteiger partial charge on any atom is -0.493 e. The number of methoxy groups -OCH3 is 1. The Morgan fingerprint density at radius 3 is 2.44 bits per heavy atom. The average Bonchev–Trinajstić information content (AvgIpc) is 2.66. The van der Waals surface area contributed by atoms with Gasteiger partial charge < -0.3 is 14.6 Å². The number of rotatable bonds is 6. The number of aryl methyl sites for hydroxylation is 1. The molecular weight excluding hydrogens is 349 g/mol. The standard InChI is InChI=1S/C21H24FNO4/c1-15-13-16(7-8-17(15)22)14-23-11-9-21(10-12-23,20(24)25)27-19-6-4-3-5-18(19)26-2/h3-8,13H,9-12,14H2,1-2H3,(H,24,25). The first-order valence-corrected chi connectivity index (χ1v) is 8.96. The summed E-state index contributed by atoms with van der Waals surface area (Å²) < 4.78 is 24.7. The zero-order valence-corrected chi connectivity index (χ0v) is 15.6. The molecule has 0 radical (unpaired) electrons. The van der Waals surface area contributed by atoms with Crippen LogP contribution in [-0.4, -0.2) is 41.8 Å². The van der Waals surface area contributed by atoms with Gasteiger partial charge in [-0.2, -0.15) is 0 Å². The Hall–Kier alpha value is -2.60. The molecule has 0 amide bonds. The Morgan fingerprint density at radius 2 is 1.85 bits per heavy atom. The van der Waals surface area contributed by atoms with E-state index in [1.54, 1.807) is 31.2 Å². The Balaban J connectivity index is 1.69. The maximum Gasteiger partial charge on any atom is 0.348 e. The van der Waals surface area contributed by atoms with Crippen LogP contribution in [-0.2, 0) is 11.3 Å². The summed E-state index contributed by atoms with van der Waals surface area (Å²) in [6, 6.07) is 12.1. The number of carbonyl (C=O) groups is 1. The summed E-state index contributed by atoms with van der Waals surface area (Å²) in [6.45, 7) is 3.56. The Bertz CT molecular complexity index is 816. The van der Waals surface area contributed by atoms with Gasteiger partial charge in [-0.05, 0) is 36.2 Å². The number of benzene rings is 2. The number of halogens is 1. The summed E-state index contributed by atoms with van der Waals surface area (Å²) in [5.74, 6) is -0.231. The van der Waals surface area contributed by atoms with Crippen LogP contribution in [0, 0.1) is 12.7 Å². The van der Waals surface area contributed by atoms with E-state index in [-0.39, 0.29) is 5.82 Å². The fraction of sp³-hybridized carbons (Fsp3) is 0.381. The highest BCUT2D eigenvalue weighted by Gasteiger charge is 2.44. The van der Waals surface area contributed by atoms with Crippen molar-refractivity contribution in [2.75, 3.05) is 20.2 Å². The van der Waals surface area contributed by atoms with Gasteiger partial charge in [0.1, 0.15) is 5.82 Å². The van der Waals surface area contributed by atoms with Crippen molar-refractivity contribution in [2.24, 2.45) is 0 Å². The third-order valence-electron chi connectivity index (χ3n) is 5.06. The first kappa shape index (κ1) is 19.2. The van der Waals surface area contributed by atoms with Crippen molar-refractivity contribution in [3.63, 3.8) is 0 Å². The van der Waals surface area contributed by atoms with Gasteiger partial charge in [0.15, 0.2) is 11.5 Å². The molecule has 1 fully saturated rings. The van der Waals surface area contributed by atoms with Crippen LogP contribution in [0.1, 0.15) is 24.0 Å². The Kier molecular flexibility index (Phi) is 5.65. The summed E-state index contributed by atoms with van der Waals surface area (Å²) in [6.07, 6.45) is 0.723. The molecular formula is C21H24FNO4. The number of hydrogen-bond acceptors (Lipinski definition) is 4. The predicted molar refractivity (Wildman–Crippen MR) is 99.6 cm³/mol. The van der Waals surface area contributed by atoms with E-state index in [0.717, 1.165) is 5.56 Å². The van der Waals surface area contributed by atoms with E-state index in [9.17, 15) is 14.3 Å². The van der Waals surface area contributed by atoms with Crippen molar-refractivity contribution < 1.29 is 23.8 Å². The fourth-order valence-electron chi connectivity index (χ4n) is 3.41. The van der Waals surface area contributed by atoms with Crippen LogP contribution in [0.5, 0.6) is 11.5 Å². The predicted octanol–water partition coefficient (Wildman–Crippen LogP) is 3.64. The molecule has 1 heterocycles. The number of ether oxygens (including phenoxy) is 2. The molecule has 0 atom stereocenters. The minimum absolute atomic E-state index is 0.215. The Morgan fingerprint density at radius 1 is 1.19 bits per heavy atom. The highest BCUT2D eigenvalue weighted by molar-refractivity contribution is 5.78. The van der Waals surface area contributed by atoms with Crippen molar-refractivity contribution in [2.45, 2.75) is 31.9 Å². The summed E-state index contributed by atoms with van der Waals surface area (Å²) in [5.41, 5.74) is 0.357. The number of hydrogen-bond donors (Lipinski definition) is 1. The maximum absolute atomic E-state index is 13.4. The molecule has 5 nitrogen and oxygen atoms in total. The van der Waals surface area contributed by atoms with Gasteiger partial charge in [0, 0.05) is 32.5 Å². The van der Waals surface area contributed by atoms with Crippen molar-refractivity contribution in [3.8, 4) is 11.5 Å². The molecule has 1 aliphatic heterocycles.